The Labute approximate surface area is 67.7 Å². The van der Waals surface area contributed by atoms with E-state index in [-0.39, 0.29) is 0 Å². The van der Waals surface area contributed by atoms with Gasteiger partial charge in [0.2, 0.25) is 0 Å². The number of hydrogen-bond acceptors (Lipinski definition) is 1. The fourth-order valence-corrected chi connectivity index (χ4v) is 0.832. The quantitative estimate of drug-likeness (QED) is 0.626. The molecule has 0 aromatic heterocycles. The van der Waals surface area contributed by atoms with E-state index < -0.39 is 0 Å². The standard InChI is InChI=1S/C9H10BO/c1-8-2-4-9(5-3-8)6-7-10-11/h2-7,11H,1H3/b7-6+. The van der Waals surface area contributed by atoms with Gasteiger partial charge in [-0.05, 0) is 12.5 Å². The minimum absolute atomic E-state index is 1.03. The van der Waals surface area contributed by atoms with Crippen LogP contribution in [0.5, 0.6) is 0 Å². The van der Waals surface area contributed by atoms with Crippen LogP contribution in [0.1, 0.15) is 11.1 Å². The van der Waals surface area contributed by atoms with Crippen LogP contribution in [0.4, 0.5) is 0 Å². The largest absolute Gasteiger partial charge is 0.450 e. The highest BCUT2D eigenvalue weighted by atomic mass is 16.2. The molecule has 1 nitrogen and oxygen atoms in total. The van der Waals surface area contributed by atoms with Crippen molar-refractivity contribution in [3.05, 3.63) is 41.4 Å². The molecule has 0 saturated heterocycles. The van der Waals surface area contributed by atoms with E-state index in [0.717, 1.165) is 13.0 Å². The molecule has 1 radical (unpaired) electrons. The summed E-state index contributed by atoms with van der Waals surface area (Å²) < 4.78 is 0. The van der Waals surface area contributed by atoms with E-state index in [9.17, 15) is 0 Å². The van der Waals surface area contributed by atoms with Gasteiger partial charge in [0, 0.05) is 0 Å². The molecule has 2 heteroatoms. The van der Waals surface area contributed by atoms with E-state index in [2.05, 4.69) is 0 Å². The molecule has 55 valence electrons. The van der Waals surface area contributed by atoms with E-state index in [1.165, 1.54) is 5.56 Å². The van der Waals surface area contributed by atoms with Gasteiger partial charge in [-0.1, -0.05) is 41.9 Å². The molecule has 0 unspecified atom stereocenters. The second kappa shape index (κ2) is 3.99. The van der Waals surface area contributed by atoms with Crippen molar-refractivity contribution in [2.24, 2.45) is 0 Å². The van der Waals surface area contributed by atoms with Crippen LogP contribution in [0.15, 0.2) is 30.2 Å². The summed E-state index contributed by atoms with van der Waals surface area (Å²) in [5.41, 5.74) is 2.34. The fraction of sp³-hybridized carbons (Fsp3) is 0.111. The van der Waals surface area contributed by atoms with Gasteiger partial charge in [0.05, 0.1) is 0 Å². The molecule has 0 fully saturated rings. The molecule has 0 amide bonds. The summed E-state index contributed by atoms with van der Waals surface area (Å²) in [6.45, 7) is 2.05. The Kier molecular flexibility index (Phi) is 2.93. The van der Waals surface area contributed by atoms with Crippen LogP contribution in [0.2, 0.25) is 0 Å². The summed E-state index contributed by atoms with van der Waals surface area (Å²) >= 11 is 0. The molecular formula is C9H10BO. The van der Waals surface area contributed by atoms with Gasteiger partial charge >= 0.3 is 7.48 Å². The maximum atomic E-state index is 8.37. The second-order valence-corrected chi connectivity index (χ2v) is 2.42. The molecule has 11 heavy (non-hydrogen) atoms. The van der Waals surface area contributed by atoms with E-state index >= 15 is 0 Å². The van der Waals surface area contributed by atoms with E-state index in [4.69, 9.17) is 5.02 Å². The first-order valence-corrected chi connectivity index (χ1v) is 3.53. The van der Waals surface area contributed by atoms with Gasteiger partial charge in [0.25, 0.3) is 0 Å². The molecule has 0 aliphatic carbocycles. The van der Waals surface area contributed by atoms with Gasteiger partial charge in [0.15, 0.2) is 0 Å². The lowest BCUT2D eigenvalue weighted by atomic mass is 10.0. The van der Waals surface area contributed by atoms with Gasteiger partial charge in [0.1, 0.15) is 0 Å². The van der Waals surface area contributed by atoms with Crippen LogP contribution in [0.3, 0.4) is 0 Å². The lowest BCUT2D eigenvalue weighted by Crippen LogP contribution is -1.78. The van der Waals surface area contributed by atoms with Crippen LogP contribution >= 0.6 is 0 Å². The molecule has 0 spiro atoms. The van der Waals surface area contributed by atoms with Crippen molar-refractivity contribution in [1.82, 2.24) is 0 Å². The van der Waals surface area contributed by atoms with Crippen molar-refractivity contribution in [3.63, 3.8) is 0 Å². The van der Waals surface area contributed by atoms with Crippen LogP contribution in [0.25, 0.3) is 6.08 Å². The van der Waals surface area contributed by atoms with Crippen LogP contribution in [0, 0.1) is 6.92 Å². The Morgan fingerprint density at radius 3 is 2.45 bits per heavy atom. The van der Waals surface area contributed by atoms with Gasteiger partial charge in [-0.2, -0.15) is 0 Å². The normalized spacial score (nSPS) is 10.4. The van der Waals surface area contributed by atoms with Crippen molar-refractivity contribution in [2.75, 3.05) is 0 Å². The smallest absolute Gasteiger partial charge is 0.318 e. The Balaban J connectivity index is 2.73. The molecule has 0 heterocycles. The van der Waals surface area contributed by atoms with Gasteiger partial charge < -0.3 is 5.02 Å². The van der Waals surface area contributed by atoms with E-state index in [1.54, 1.807) is 5.98 Å². The highest BCUT2D eigenvalue weighted by Crippen LogP contribution is 2.03. The molecule has 0 atom stereocenters. The molecule has 0 aliphatic rings. The maximum absolute atomic E-state index is 8.37. The first-order chi connectivity index (χ1) is 5.33. The third kappa shape index (κ3) is 2.60. The lowest BCUT2D eigenvalue weighted by molar-refractivity contribution is 0.615. The Morgan fingerprint density at radius 2 is 1.91 bits per heavy atom. The average Bonchev–Trinajstić information content (AvgIpc) is 2.04. The minimum Gasteiger partial charge on any atom is -0.450 e. The third-order valence-electron chi connectivity index (χ3n) is 1.45. The zero-order valence-electron chi connectivity index (χ0n) is 6.49. The summed E-state index contributed by atoms with van der Waals surface area (Å²) in [7, 11) is 1.03. The molecule has 1 rings (SSSR count). The average molecular weight is 145 g/mol. The summed E-state index contributed by atoms with van der Waals surface area (Å²) in [6.07, 6.45) is 1.85. The highest BCUT2D eigenvalue weighted by Gasteiger charge is 1.84. The Hall–Kier alpha value is -1.02. The van der Waals surface area contributed by atoms with Gasteiger partial charge in [-0.25, -0.2) is 0 Å². The highest BCUT2D eigenvalue weighted by molar-refractivity contribution is 6.33. The number of benzene rings is 1. The van der Waals surface area contributed by atoms with Crippen LogP contribution in [-0.2, 0) is 0 Å². The van der Waals surface area contributed by atoms with Crippen molar-refractivity contribution < 1.29 is 5.02 Å². The van der Waals surface area contributed by atoms with Crippen LogP contribution in [-0.4, -0.2) is 12.5 Å². The minimum atomic E-state index is 1.03. The zero-order chi connectivity index (χ0) is 8.10. The first kappa shape index (κ1) is 8.09. The van der Waals surface area contributed by atoms with Crippen molar-refractivity contribution in [2.45, 2.75) is 6.92 Å². The number of rotatable bonds is 2. The predicted molar refractivity (Wildman–Crippen MR) is 48.2 cm³/mol. The SMILES string of the molecule is Cc1ccc(/C=C/[B]O)cc1. The van der Waals surface area contributed by atoms with E-state index in [1.807, 2.05) is 37.3 Å². The first-order valence-electron chi connectivity index (χ1n) is 3.53. The second-order valence-electron chi connectivity index (χ2n) is 2.42. The molecule has 0 bridgehead atoms. The molecule has 1 N–H and O–H groups in total. The van der Waals surface area contributed by atoms with Gasteiger partial charge in [-0.3, -0.25) is 0 Å². The number of hydrogen-bond donors (Lipinski definition) is 1. The maximum Gasteiger partial charge on any atom is 0.318 e. The number of aryl methyl sites for hydroxylation is 1. The Bertz CT molecular complexity index is 238. The fourth-order valence-electron chi connectivity index (χ4n) is 0.832. The third-order valence-corrected chi connectivity index (χ3v) is 1.45. The van der Waals surface area contributed by atoms with E-state index in [0.29, 0.717) is 0 Å². The molecule has 1 aromatic rings. The summed E-state index contributed by atoms with van der Waals surface area (Å²) in [5, 5.41) is 8.37. The van der Waals surface area contributed by atoms with Crippen LogP contribution < -0.4 is 0 Å². The Morgan fingerprint density at radius 1 is 1.27 bits per heavy atom. The summed E-state index contributed by atoms with van der Waals surface area (Å²) in [6, 6.07) is 8.10. The monoisotopic (exact) mass is 145 g/mol. The van der Waals surface area contributed by atoms with Crippen molar-refractivity contribution >= 4 is 13.6 Å². The predicted octanol–water partition coefficient (Wildman–Crippen LogP) is 1.58. The molecular weight excluding hydrogens is 135 g/mol. The molecule has 0 aliphatic heterocycles. The summed E-state index contributed by atoms with van der Waals surface area (Å²) in [5.74, 6) is 1.60. The molecule has 1 aromatic carbocycles. The lowest BCUT2D eigenvalue weighted by Gasteiger charge is -1.92. The molecule has 0 saturated carbocycles. The zero-order valence-corrected chi connectivity index (χ0v) is 6.49. The van der Waals surface area contributed by atoms with Crippen molar-refractivity contribution in [3.8, 4) is 0 Å². The van der Waals surface area contributed by atoms with Gasteiger partial charge in [-0.15, -0.1) is 0 Å². The topological polar surface area (TPSA) is 20.2 Å². The summed E-state index contributed by atoms with van der Waals surface area (Å²) in [4.78, 5) is 0. The van der Waals surface area contributed by atoms with Crippen molar-refractivity contribution in [1.29, 1.82) is 0 Å².